The molecular weight excluding hydrogens is 496 g/mol. The fraction of sp³-hybridized carbons (Fsp3) is 0.333. The van der Waals surface area contributed by atoms with Crippen LogP contribution in [0.2, 0.25) is 5.02 Å². The van der Waals surface area contributed by atoms with Crippen molar-refractivity contribution in [3.8, 4) is 11.1 Å². The summed E-state index contributed by atoms with van der Waals surface area (Å²) in [6, 6.07) is 0.700. The van der Waals surface area contributed by atoms with Crippen molar-refractivity contribution in [2.24, 2.45) is 0 Å². The number of methoxy groups -OCH3 is 1. The predicted molar refractivity (Wildman–Crippen MR) is 109 cm³/mol. The molecule has 33 heavy (non-hydrogen) atoms. The molecule has 3 rings (SSSR count). The maximum absolute atomic E-state index is 14.5. The second-order valence-corrected chi connectivity index (χ2v) is 8.97. The van der Waals surface area contributed by atoms with Crippen molar-refractivity contribution in [2.75, 3.05) is 13.7 Å². The number of carbonyl (C=O) groups excluding carboxylic acids is 2. The summed E-state index contributed by atoms with van der Waals surface area (Å²) in [5.74, 6) is -13.6. The van der Waals surface area contributed by atoms with E-state index in [0.29, 0.717) is 25.5 Å². The normalized spacial score (nSPS) is 16.8. The summed E-state index contributed by atoms with van der Waals surface area (Å²) >= 11 is 6.79. The van der Waals surface area contributed by atoms with Gasteiger partial charge in [-0.05, 0) is 31.9 Å². The highest BCUT2D eigenvalue weighted by molar-refractivity contribution is 8.00. The molecule has 0 radical (unpaired) electrons. The van der Waals surface area contributed by atoms with Gasteiger partial charge < -0.3 is 9.64 Å². The van der Waals surface area contributed by atoms with E-state index in [9.17, 15) is 35.9 Å². The van der Waals surface area contributed by atoms with Crippen LogP contribution in [0.15, 0.2) is 17.0 Å². The van der Waals surface area contributed by atoms with Crippen LogP contribution in [-0.4, -0.2) is 41.7 Å². The van der Waals surface area contributed by atoms with E-state index in [1.54, 1.807) is 0 Å². The number of amides is 1. The molecule has 0 saturated carbocycles. The van der Waals surface area contributed by atoms with Gasteiger partial charge in [-0.15, -0.1) is 11.8 Å². The van der Waals surface area contributed by atoms with Gasteiger partial charge in [0.25, 0.3) is 0 Å². The Morgan fingerprint density at radius 2 is 1.64 bits per heavy atom. The summed E-state index contributed by atoms with van der Waals surface area (Å²) in [5, 5.41) is -1.13. The number of carbonyl (C=O) groups is 2. The Hall–Kier alpha value is -2.40. The summed E-state index contributed by atoms with van der Waals surface area (Å²) in [4.78, 5) is 26.1. The molecule has 1 heterocycles. The lowest BCUT2D eigenvalue weighted by Gasteiger charge is -2.25. The van der Waals surface area contributed by atoms with Crippen LogP contribution in [0.4, 0.5) is 26.3 Å². The zero-order valence-corrected chi connectivity index (χ0v) is 18.7. The molecule has 0 spiro atoms. The third kappa shape index (κ3) is 4.65. The lowest BCUT2D eigenvalue weighted by atomic mass is 10.0. The van der Waals surface area contributed by atoms with Crippen molar-refractivity contribution in [3.63, 3.8) is 0 Å². The lowest BCUT2D eigenvalue weighted by Crippen LogP contribution is -2.44. The van der Waals surface area contributed by atoms with Gasteiger partial charge in [-0.25, -0.2) is 31.1 Å². The van der Waals surface area contributed by atoms with E-state index in [2.05, 4.69) is 0 Å². The number of hydrogen-bond acceptors (Lipinski definition) is 4. The van der Waals surface area contributed by atoms with Gasteiger partial charge in [-0.3, -0.25) is 4.79 Å². The van der Waals surface area contributed by atoms with Gasteiger partial charge in [0.15, 0.2) is 23.3 Å². The molecule has 1 fully saturated rings. The van der Waals surface area contributed by atoms with E-state index in [1.807, 2.05) is 0 Å². The molecule has 1 saturated heterocycles. The molecule has 0 aliphatic carbocycles. The number of halogens is 7. The largest absolute Gasteiger partial charge is 0.467 e. The number of rotatable bonds is 5. The highest BCUT2D eigenvalue weighted by Crippen LogP contribution is 2.40. The quantitative estimate of drug-likeness (QED) is 0.175. The van der Waals surface area contributed by atoms with Crippen LogP contribution in [0.25, 0.3) is 11.1 Å². The number of esters is 1. The van der Waals surface area contributed by atoms with Gasteiger partial charge >= 0.3 is 5.97 Å². The highest BCUT2D eigenvalue weighted by Gasteiger charge is 2.37. The molecule has 4 nitrogen and oxygen atoms in total. The standard InChI is InChI=1S/C21H16ClF6NO3S/c1-8(20(30)29-5-3-4-12(29)21(31)32-2)33-13-6-9(11(23)7-10(13)22)14-15(24)17(26)19(28)18(27)16(14)25/h6-8,12H,3-5H2,1-2H3/t8-,12+/m1/s1. The first-order valence-electron chi connectivity index (χ1n) is 9.55. The van der Waals surface area contributed by atoms with Crippen molar-refractivity contribution >= 4 is 35.2 Å². The summed E-state index contributed by atoms with van der Waals surface area (Å²) in [6.07, 6.45) is 0.988. The number of nitrogens with zero attached hydrogens (tertiary/aromatic N) is 1. The molecule has 0 N–H and O–H groups in total. The Balaban J connectivity index is 1.96. The number of ether oxygens (including phenoxy) is 1. The first-order valence-corrected chi connectivity index (χ1v) is 10.8. The third-order valence-electron chi connectivity index (χ3n) is 5.16. The van der Waals surface area contributed by atoms with Crippen molar-refractivity contribution in [2.45, 2.75) is 36.0 Å². The Labute approximate surface area is 193 Å². The van der Waals surface area contributed by atoms with E-state index in [-0.39, 0.29) is 9.92 Å². The van der Waals surface area contributed by atoms with E-state index < -0.39 is 69.2 Å². The van der Waals surface area contributed by atoms with Gasteiger partial charge in [0.1, 0.15) is 11.9 Å². The molecule has 1 aliphatic heterocycles. The maximum Gasteiger partial charge on any atom is 0.328 e. The molecule has 0 aromatic heterocycles. The predicted octanol–water partition coefficient (Wildman–Crippen LogP) is 5.49. The van der Waals surface area contributed by atoms with Gasteiger partial charge in [0.2, 0.25) is 11.7 Å². The van der Waals surface area contributed by atoms with Crippen molar-refractivity contribution in [1.82, 2.24) is 4.90 Å². The monoisotopic (exact) mass is 511 g/mol. The van der Waals surface area contributed by atoms with Crippen LogP contribution in [0.1, 0.15) is 19.8 Å². The van der Waals surface area contributed by atoms with E-state index >= 15 is 0 Å². The smallest absolute Gasteiger partial charge is 0.328 e. The molecule has 0 bridgehead atoms. The van der Waals surface area contributed by atoms with Gasteiger partial charge in [0, 0.05) is 17.0 Å². The average molecular weight is 512 g/mol. The van der Waals surface area contributed by atoms with Gasteiger partial charge in [-0.1, -0.05) is 11.6 Å². The first-order chi connectivity index (χ1) is 15.5. The highest BCUT2D eigenvalue weighted by atomic mass is 35.5. The lowest BCUT2D eigenvalue weighted by molar-refractivity contribution is -0.150. The van der Waals surface area contributed by atoms with Crippen LogP contribution in [0.3, 0.4) is 0 Å². The molecule has 12 heteroatoms. The Morgan fingerprint density at radius 3 is 2.21 bits per heavy atom. The summed E-state index contributed by atoms with van der Waals surface area (Å²) in [7, 11) is 1.20. The fourth-order valence-electron chi connectivity index (χ4n) is 3.54. The molecule has 2 atom stereocenters. The first kappa shape index (κ1) is 25.2. The second-order valence-electron chi connectivity index (χ2n) is 7.18. The van der Waals surface area contributed by atoms with E-state index in [1.165, 1.54) is 18.9 Å². The number of likely N-dealkylation sites (tertiary alicyclic amines) is 1. The molecule has 1 amide bonds. The van der Waals surface area contributed by atoms with Crippen LogP contribution in [-0.2, 0) is 14.3 Å². The number of thioether (sulfide) groups is 1. The SMILES string of the molecule is COC(=O)[C@@H]1CCCN1C(=O)[C@@H](C)Sc1cc(-c2c(F)c(F)c(F)c(F)c2F)c(F)cc1Cl. The Bertz CT molecular complexity index is 1100. The maximum atomic E-state index is 14.5. The summed E-state index contributed by atoms with van der Waals surface area (Å²) < 4.78 is 88.2. The van der Waals surface area contributed by atoms with E-state index in [4.69, 9.17) is 16.3 Å². The Morgan fingerprint density at radius 1 is 1.06 bits per heavy atom. The van der Waals surface area contributed by atoms with Crippen LogP contribution in [0, 0.1) is 34.9 Å². The molecule has 2 aromatic carbocycles. The number of benzene rings is 2. The summed E-state index contributed by atoms with van der Waals surface area (Å²) in [6.45, 7) is 1.77. The fourth-order valence-corrected chi connectivity index (χ4v) is 4.80. The third-order valence-corrected chi connectivity index (χ3v) is 6.73. The molecule has 0 unspecified atom stereocenters. The molecule has 1 aliphatic rings. The van der Waals surface area contributed by atoms with Crippen molar-refractivity contribution in [1.29, 1.82) is 0 Å². The zero-order chi connectivity index (χ0) is 24.6. The van der Waals surface area contributed by atoms with Crippen LogP contribution >= 0.6 is 23.4 Å². The average Bonchev–Trinajstić information content (AvgIpc) is 3.28. The van der Waals surface area contributed by atoms with Gasteiger partial charge in [-0.2, -0.15) is 0 Å². The van der Waals surface area contributed by atoms with Crippen LogP contribution < -0.4 is 0 Å². The Kier molecular flexibility index (Phi) is 7.52. The van der Waals surface area contributed by atoms with Crippen molar-refractivity contribution < 1.29 is 40.7 Å². The zero-order valence-electron chi connectivity index (χ0n) is 17.2. The molecule has 2 aromatic rings. The van der Waals surface area contributed by atoms with Crippen LogP contribution in [0.5, 0.6) is 0 Å². The molecule has 178 valence electrons. The summed E-state index contributed by atoms with van der Waals surface area (Å²) in [5.41, 5.74) is -2.37. The van der Waals surface area contributed by atoms with Crippen molar-refractivity contribution in [3.05, 3.63) is 52.1 Å². The topological polar surface area (TPSA) is 46.6 Å². The minimum absolute atomic E-state index is 0.0355. The number of hydrogen-bond donors (Lipinski definition) is 0. The second kappa shape index (κ2) is 9.84. The molecular formula is C21H16ClF6NO3S. The van der Waals surface area contributed by atoms with E-state index in [0.717, 1.165) is 17.8 Å². The van der Waals surface area contributed by atoms with Gasteiger partial charge in [0.05, 0.1) is 22.9 Å². The minimum Gasteiger partial charge on any atom is -0.467 e. The minimum atomic E-state index is -2.37.